The van der Waals surface area contributed by atoms with Crippen LogP contribution in [-0.4, -0.2) is 24.7 Å². The largest absolute Gasteiger partial charge is 0.253 e. The lowest BCUT2D eigenvalue weighted by atomic mass is 9.99. The lowest BCUT2D eigenvalue weighted by Crippen LogP contribution is -2.09. The van der Waals surface area contributed by atoms with Gasteiger partial charge in [-0.05, 0) is 30.5 Å². The highest BCUT2D eigenvalue weighted by molar-refractivity contribution is 6.36. The zero-order valence-corrected chi connectivity index (χ0v) is 14.6. The van der Waals surface area contributed by atoms with Gasteiger partial charge >= 0.3 is 0 Å². The van der Waals surface area contributed by atoms with E-state index in [9.17, 15) is 4.39 Å². The predicted molar refractivity (Wildman–Crippen MR) is 90.9 cm³/mol. The average Bonchev–Trinajstić information content (AvgIpc) is 3.02. The maximum atomic E-state index is 13.4. The molecule has 124 valence electrons. The fourth-order valence-electron chi connectivity index (χ4n) is 2.37. The number of hydrogen-bond acceptors (Lipinski definition) is 4. The molecular weight excluding hydrogens is 352 g/mol. The van der Waals surface area contributed by atoms with Crippen molar-refractivity contribution in [1.82, 2.24) is 24.7 Å². The van der Waals surface area contributed by atoms with Crippen LogP contribution >= 0.6 is 23.2 Å². The third-order valence-electron chi connectivity index (χ3n) is 3.35. The van der Waals surface area contributed by atoms with Crippen molar-refractivity contribution in [3.63, 3.8) is 0 Å². The van der Waals surface area contributed by atoms with Gasteiger partial charge in [-0.15, -0.1) is 0 Å². The first-order chi connectivity index (χ1) is 11.5. The van der Waals surface area contributed by atoms with Crippen molar-refractivity contribution in [2.24, 2.45) is 5.92 Å². The van der Waals surface area contributed by atoms with Crippen LogP contribution < -0.4 is 0 Å². The molecule has 8 heteroatoms. The molecule has 0 amide bonds. The summed E-state index contributed by atoms with van der Waals surface area (Å²) in [4.78, 5) is 12.7. The molecule has 1 aromatic carbocycles. The summed E-state index contributed by atoms with van der Waals surface area (Å²) in [5.74, 6) is 0.248. The van der Waals surface area contributed by atoms with Crippen LogP contribution in [-0.2, 0) is 6.42 Å². The molecule has 0 spiro atoms. The molecule has 5 nitrogen and oxygen atoms in total. The first-order valence-corrected chi connectivity index (χ1v) is 8.08. The number of nitrogens with zero attached hydrogens (tertiary/aromatic N) is 5. The summed E-state index contributed by atoms with van der Waals surface area (Å²) >= 11 is 12.6. The van der Waals surface area contributed by atoms with Gasteiger partial charge in [0.05, 0.1) is 10.7 Å². The molecule has 2 aromatic heterocycles. The van der Waals surface area contributed by atoms with Crippen molar-refractivity contribution in [1.29, 1.82) is 0 Å². The molecule has 0 aliphatic rings. The Kier molecular flexibility index (Phi) is 4.78. The lowest BCUT2D eigenvalue weighted by Gasteiger charge is -2.15. The summed E-state index contributed by atoms with van der Waals surface area (Å²) in [5, 5.41) is 4.52. The Bertz CT molecular complexity index is 865. The van der Waals surface area contributed by atoms with Gasteiger partial charge in [-0.2, -0.15) is 14.8 Å². The molecule has 0 saturated heterocycles. The topological polar surface area (TPSA) is 56.5 Å². The maximum Gasteiger partial charge on any atom is 0.253 e. The van der Waals surface area contributed by atoms with E-state index < -0.39 is 5.82 Å². The Labute approximate surface area is 148 Å². The minimum atomic E-state index is -0.412. The third kappa shape index (κ3) is 3.39. The van der Waals surface area contributed by atoms with Crippen molar-refractivity contribution in [2.75, 3.05) is 0 Å². The Morgan fingerprint density at radius 2 is 2.00 bits per heavy atom. The van der Waals surface area contributed by atoms with E-state index in [4.69, 9.17) is 23.2 Å². The molecule has 3 aromatic rings. The Morgan fingerprint density at radius 1 is 1.21 bits per heavy atom. The van der Waals surface area contributed by atoms with E-state index in [1.807, 2.05) is 0 Å². The Balaban J connectivity index is 2.20. The maximum absolute atomic E-state index is 13.4. The van der Waals surface area contributed by atoms with Crippen LogP contribution in [0.5, 0.6) is 0 Å². The summed E-state index contributed by atoms with van der Waals surface area (Å²) in [6.07, 6.45) is 3.55. The minimum Gasteiger partial charge on any atom is -0.223 e. The molecule has 3 rings (SSSR count). The van der Waals surface area contributed by atoms with Crippen LogP contribution in [0.4, 0.5) is 4.39 Å². The van der Waals surface area contributed by atoms with Crippen LogP contribution in [0.25, 0.3) is 17.1 Å². The van der Waals surface area contributed by atoms with Crippen LogP contribution in [0.3, 0.4) is 0 Å². The number of rotatable bonds is 4. The molecule has 0 aliphatic heterocycles. The van der Waals surface area contributed by atoms with Gasteiger partial charge in [0.15, 0.2) is 0 Å². The highest BCUT2D eigenvalue weighted by Crippen LogP contribution is 2.36. The minimum absolute atomic E-state index is 0.236. The van der Waals surface area contributed by atoms with Crippen molar-refractivity contribution in [3.8, 4) is 17.1 Å². The summed E-state index contributed by atoms with van der Waals surface area (Å²) in [7, 11) is 0. The monoisotopic (exact) mass is 365 g/mol. The molecule has 0 N–H and O–H groups in total. The normalized spacial score (nSPS) is 11.2. The zero-order valence-electron chi connectivity index (χ0n) is 13.0. The summed E-state index contributed by atoms with van der Waals surface area (Å²) < 4.78 is 14.8. The average molecular weight is 366 g/mol. The SMILES string of the molecule is CC(C)Cc1nc(-n2cncn2)nc(Cl)c1-c1ccc(F)cc1Cl. The molecule has 0 aliphatic carbocycles. The molecule has 24 heavy (non-hydrogen) atoms. The smallest absolute Gasteiger partial charge is 0.223 e. The van der Waals surface area contributed by atoms with Gasteiger partial charge < -0.3 is 0 Å². The first kappa shape index (κ1) is 16.8. The molecule has 0 saturated carbocycles. The van der Waals surface area contributed by atoms with Gasteiger partial charge in [0, 0.05) is 11.1 Å². The van der Waals surface area contributed by atoms with E-state index >= 15 is 0 Å². The highest BCUT2D eigenvalue weighted by atomic mass is 35.5. The number of halogens is 3. The van der Waals surface area contributed by atoms with Crippen LogP contribution in [0.15, 0.2) is 30.9 Å². The van der Waals surface area contributed by atoms with Gasteiger partial charge in [-0.25, -0.2) is 14.4 Å². The molecule has 0 bridgehead atoms. The Hall–Kier alpha value is -2.05. The van der Waals surface area contributed by atoms with Gasteiger partial charge in [0.1, 0.15) is 23.6 Å². The van der Waals surface area contributed by atoms with Crippen LogP contribution in [0.2, 0.25) is 10.2 Å². The molecule has 0 atom stereocenters. The third-order valence-corrected chi connectivity index (χ3v) is 3.94. The summed E-state index contributed by atoms with van der Waals surface area (Å²) in [6.45, 7) is 4.14. The molecule has 0 fully saturated rings. The van der Waals surface area contributed by atoms with Crippen molar-refractivity contribution in [2.45, 2.75) is 20.3 Å². The van der Waals surface area contributed by atoms with Crippen LogP contribution in [0, 0.1) is 11.7 Å². The summed E-state index contributed by atoms with van der Waals surface area (Å²) in [6, 6.07) is 4.17. The second kappa shape index (κ2) is 6.83. The quantitative estimate of drug-likeness (QED) is 0.644. The molecule has 0 radical (unpaired) electrons. The second-order valence-corrected chi connectivity index (χ2v) is 6.46. The van der Waals surface area contributed by atoms with Gasteiger partial charge in [0.2, 0.25) is 0 Å². The zero-order chi connectivity index (χ0) is 17.3. The van der Waals surface area contributed by atoms with Crippen LogP contribution in [0.1, 0.15) is 19.5 Å². The fraction of sp³-hybridized carbons (Fsp3) is 0.250. The van der Waals surface area contributed by atoms with Crippen molar-refractivity contribution in [3.05, 3.63) is 52.5 Å². The summed E-state index contributed by atoms with van der Waals surface area (Å²) in [5.41, 5.74) is 1.94. The second-order valence-electron chi connectivity index (χ2n) is 5.70. The highest BCUT2D eigenvalue weighted by Gasteiger charge is 2.19. The van der Waals surface area contributed by atoms with E-state index in [-0.39, 0.29) is 10.2 Å². The van der Waals surface area contributed by atoms with Crippen molar-refractivity contribution < 1.29 is 4.39 Å². The number of aromatic nitrogens is 5. The molecule has 0 unspecified atom stereocenters. The van der Waals surface area contributed by atoms with E-state index in [2.05, 4.69) is 33.9 Å². The lowest BCUT2D eigenvalue weighted by molar-refractivity contribution is 0.627. The van der Waals surface area contributed by atoms with Crippen molar-refractivity contribution >= 4 is 23.2 Å². The first-order valence-electron chi connectivity index (χ1n) is 7.32. The predicted octanol–water partition coefficient (Wildman–Crippen LogP) is 4.37. The van der Waals surface area contributed by atoms with Gasteiger partial charge in [-0.3, -0.25) is 0 Å². The Morgan fingerprint density at radius 3 is 2.62 bits per heavy atom. The van der Waals surface area contributed by atoms with E-state index in [1.165, 1.54) is 29.5 Å². The van der Waals surface area contributed by atoms with E-state index in [0.29, 0.717) is 29.4 Å². The fourth-order valence-corrected chi connectivity index (χ4v) is 2.92. The standard InChI is InChI=1S/C16H14Cl2FN5/c1-9(2)5-13-14(11-4-3-10(19)6-12(11)17)15(18)23-16(22-13)24-8-20-7-21-24/h3-4,6-9H,5H2,1-2H3. The molecular formula is C16H14Cl2FN5. The molecule has 2 heterocycles. The number of hydrogen-bond donors (Lipinski definition) is 0. The van der Waals surface area contributed by atoms with Gasteiger partial charge in [0.25, 0.3) is 5.95 Å². The van der Waals surface area contributed by atoms with E-state index in [0.717, 1.165) is 5.69 Å². The number of benzene rings is 1. The van der Waals surface area contributed by atoms with Gasteiger partial charge in [-0.1, -0.05) is 37.0 Å². The van der Waals surface area contributed by atoms with E-state index in [1.54, 1.807) is 6.07 Å².